The van der Waals surface area contributed by atoms with E-state index in [1.807, 2.05) is 18.2 Å². The smallest absolute Gasteiger partial charge is 0.246 e. The first-order chi connectivity index (χ1) is 14.6. The molecule has 2 aromatic heterocycles. The molecule has 1 saturated heterocycles. The third kappa shape index (κ3) is 5.22. The number of nitrogens with two attached hydrogens (primary N) is 1. The highest BCUT2D eigenvalue weighted by Crippen LogP contribution is 2.24. The lowest BCUT2D eigenvalue weighted by Crippen LogP contribution is -2.45. The van der Waals surface area contributed by atoms with Crippen LogP contribution >= 0.6 is 23.2 Å². The number of pyridine rings is 1. The normalized spacial score (nSPS) is 15.1. The number of piperidine rings is 1. The Hall–Kier alpha value is -2.35. The molecule has 4 rings (SSSR count). The summed E-state index contributed by atoms with van der Waals surface area (Å²) in [5, 5.41) is 8.38. The molecule has 1 fully saturated rings. The Morgan fingerprint density at radius 2 is 1.90 bits per heavy atom. The van der Waals surface area contributed by atoms with Crippen molar-refractivity contribution in [3.05, 3.63) is 63.9 Å². The second kappa shape index (κ2) is 9.64. The zero-order valence-electron chi connectivity index (χ0n) is 16.6. The number of benzene rings is 1. The molecule has 0 spiro atoms. The largest absolute Gasteiger partial charge is 0.368 e. The summed E-state index contributed by atoms with van der Waals surface area (Å²) in [5.41, 5.74) is 8.06. The number of aromatic nitrogens is 4. The van der Waals surface area contributed by atoms with Crippen molar-refractivity contribution in [2.75, 3.05) is 30.3 Å². The first kappa shape index (κ1) is 20.9. The van der Waals surface area contributed by atoms with Crippen LogP contribution in [0.5, 0.6) is 0 Å². The number of hydrogen-bond acceptors (Lipinski definition) is 6. The van der Waals surface area contributed by atoms with Gasteiger partial charge in [-0.3, -0.25) is 9.88 Å². The summed E-state index contributed by atoms with van der Waals surface area (Å²) in [6, 6.07) is 10.5. The maximum absolute atomic E-state index is 6.40. The quantitative estimate of drug-likeness (QED) is 0.574. The van der Waals surface area contributed by atoms with Gasteiger partial charge >= 0.3 is 0 Å². The van der Waals surface area contributed by atoms with Gasteiger partial charge in [-0.15, -0.1) is 5.10 Å². The third-order valence-corrected chi connectivity index (χ3v) is 6.18. The van der Waals surface area contributed by atoms with Gasteiger partial charge < -0.3 is 10.6 Å². The van der Waals surface area contributed by atoms with E-state index in [0.717, 1.165) is 56.0 Å². The van der Waals surface area contributed by atoms with E-state index in [0.29, 0.717) is 23.0 Å². The van der Waals surface area contributed by atoms with Crippen molar-refractivity contribution in [3.8, 4) is 0 Å². The van der Waals surface area contributed by atoms with E-state index in [-0.39, 0.29) is 0 Å². The van der Waals surface area contributed by atoms with Gasteiger partial charge in [-0.2, -0.15) is 4.98 Å². The Morgan fingerprint density at radius 3 is 2.57 bits per heavy atom. The molecule has 3 heterocycles. The summed E-state index contributed by atoms with van der Waals surface area (Å²) >= 11 is 12.4. The summed E-state index contributed by atoms with van der Waals surface area (Å²) in [6.45, 7) is 3.53. The number of anilines is 2. The summed E-state index contributed by atoms with van der Waals surface area (Å²) in [7, 11) is 0. The lowest BCUT2D eigenvalue weighted by Gasteiger charge is -2.38. The Labute approximate surface area is 186 Å². The van der Waals surface area contributed by atoms with Crippen LogP contribution in [0, 0.1) is 0 Å². The van der Waals surface area contributed by atoms with Crippen LogP contribution in [-0.2, 0) is 13.0 Å². The van der Waals surface area contributed by atoms with Gasteiger partial charge in [0.2, 0.25) is 11.9 Å². The van der Waals surface area contributed by atoms with Gasteiger partial charge in [0, 0.05) is 49.6 Å². The zero-order valence-corrected chi connectivity index (χ0v) is 18.1. The average molecular weight is 446 g/mol. The highest BCUT2D eigenvalue weighted by atomic mass is 35.5. The number of nitrogens with one attached hydrogen (secondary N) is 1. The number of rotatable bonds is 7. The Balaban J connectivity index is 1.44. The van der Waals surface area contributed by atoms with Gasteiger partial charge in [-0.05, 0) is 48.6 Å². The van der Waals surface area contributed by atoms with Crippen LogP contribution in [0.1, 0.15) is 24.0 Å². The molecule has 0 atom stereocenters. The van der Waals surface area contributed by atoms with E-state index < -0.39 is 0 Å². The van der Waals surface area contributed by atoms with Crippen molar-refractivity contribution in [1.29, 1.82) is 0 Å². The molecule has 1 aliphatic heterocycles. The molecule has 9 heteroatoms. The van der Waals surface area contributed by atoms with Crippen molar-refractivity contribution in [1.82, 2.24) is 25.1 Å². The minimum atomic E-state index is 0.351. The predicted molar refractivity (Wildman–Crippen MR) is 121 cm³/mol. The number of aromatic amines is 1. The predicted octanol–water partition coefficient (Wildman–Crippen LogP) is 3.80. The van der Waals surface area contributed by atoms with E-state index in [1.54, 1.807) is 12.4 Å². The molecule has 0 bridgehead atoms. The molecule has 3 N–H and O–H groups in total. The van der Waals surface area contributed by atoms with Gasteiger partial charge in [0.1, 0.15) is 0 Å². The number of halogens is 2. The van der Waals surface area contributed by atoms with Crippen molar-refractivity contribution >= 4 is 35.1 Å². The molecule has 3 aromatic rings. The lowest BCUT2D eigenvalue weighted by molar-refractivity contribution is 0.162. The fourth-order valence-electron chi connectivity index (χ4n) is 3.90. The molecular weight excluding hydrogens is 421 g/mol. The highest BCUT2D eigenvalue weighted by molar-refractivity contribution is 6.31. The van der Waals surface area contributed by atoms with E-state index in [1.165, 1.54) is 5.56 Å². The Morgan fingerprint density at radius 1 is 1.13 bits per heavy atom. The molecule has 158 valence electrons. The van der Waals surface area contributed by atoms with Gasteiger partial charge in [0.25, 0.3) is 0 Å². The highest BCUT2D eigenvalue weighted by Gasteiger charge is 2.26. The van der Waals surface area contributed by atoms with Crippen LogP contribution < -0.4 is 10.6 Å². The molecule has 1 aliphatic rings. The molecule has 0 amide bonds. The van der Waals surface area contributed by atoms with Crippen LogP contribution in [0.25, 0.3) is 0 Å². The minimum Gasteiger partial charge on any atom is -0.368 e. The van der Waals surface area contributed by atoms with Crippen LogP contribution in [0.3, 0.4) is 0 Å². The van der Waals surface area contributed by atoms with E-state index in [4.69, 9.17) is 28.9 Å². The number of nitrogen functional groups attached to an aromatic ring is 1. The second-order valence-electron chi connectivity index (χ2n) is 7.55. The van der Waals surface area contributed by atoms with Crippen LogP contribution in [-0.4, -0.2) is 50.7 Å². The first-order valence-electron chi connectivity index (χ1n) is 10.1. The van der Waals surface area contributed by atoms with Crippen LogP contribution in [0.2, 0.25) is 10.0 Å². The fourth-order valence-corrected chi connectivity index (χ4v) is 4.21. The summed E-state index contributed by atoms with van der Waals surface area (Å²) in [5.74, 6) is 1.03. The molecular formula is C21H25Cl2N7. The molecule has 1 aromatic carbocycles. The molecule has 0 aliphatic carbocycles. The molecule has 30 heavy (non-hydrogen) atoms. The Bertz CT molecular complexity index is 952. The summed E-state index contributed by atoms with van der Waals surface area (Å²) in [6.07, 6.45) is 6.52. The van der Waals surface area contributed by atoms with Crippen molar-refractivity contribution < 1.29 is 0 Å². The topological polar surface area (TPSA) is 87.0 Å². The molecule has 7 nitrogen and oxygen atoms in total. The Kier molecular flexibility index (Phi) is 6.72. The van der Waals surface area contributed by atoms with Gasteiger partial charge in [0.05, 0.1) is 5.02 Å². The molecule has 0 saturated carbocycles. The fraction of sp³-hybridized carbons (Fsp3) is 0.381. The van der Waals surface area contributed by atoms with E-state index in [2.05, 4.69) is 42.1 Å². The van der Waals surface area contributed by atoms with E-state index in [9.17, 15) is 0 Å². The molecule has 0 unspecified atom stereocenters. The maximum atomic E-state index is 6.40. The number of H-pyrrole nitrogens is 1. The van der Waals surface area contributed by atoms with Crippen molar-refractivity contribution in [3.63, 3.8) is 0 Å². The zero-order chi connectivity index (χ0) is 20.9. The van der Waals surface area contributed by atoms with Crippen LogP contribution in [0.15, 0.2) is 42.7 Å². The molecule has 0 radical (unpaired) electrons. The monoisotopic (exact) mass is 445 g/mol. The minimum absolute atomic E-state index is 0.351. The average Bonchev–Trinajstić information content (AvgIpc) is 3.20. The summed E-state index contributed by atoms with van der Waals surface area (Å²) < 4.78 is 0. The van der Waals surface area contributed by atoms with Gasteiger partial charge in [-0.1, -0.05) is 35.3 Å². The summed E-state index contributed by atoms with van der Waals surface area (Å²) in [4.78, 5) is 13.1. The standard InChI is InChI=1S/C21H25Cl2N7/c22-17-3-1-15(2-4-17)6-10-30(14-16-5-9-25-13-19(16)23)18-7-11-29(12-8-18)21-26-20(24)27-28-21/h1-5,9,13,18H,6-8,10-12,14H2,(H3,24,26,27,28). The first-order valence-corrected chi connectivity index (χ1v) is 10.8. The number of hydrogen-bond donors (Lipinski definition) is 2. The number of nitrogens with zero attached hydrogens (tertiary/aromatic N) is 5. The third-order valence-electron chi connectivity index (χ3n) is 5.59. The van der Waals surface area contributed by atoms with Gasteiger partial charge in [0.15, 0.2) is 0 Å². The van der Waals surface area contributed by atoms with E-state index >= 15 is 0 Å². The van der Waals surface area contributed by atoms with Gasteiger partial charge in [-0.25, -0.2) is 5.10 Å². The second-order valence-corrected chi connectivity index (χ2v) is 8.40. The lowest BCUT2D eigenvalue weighted by atomic mass is 10.0. The van der Waals surface area contributed by atoms with Crippen molar-refractivity contribution in [2.24, 2.45) is 0 Å². The maximum Gasteiger partial charge on any atom is 0.246 e. The van der Waals surface area contributed by atoms with Crippen LogP contribution in [0.4, 0.5) is 11.9 Å². The van der Waals surface area contributed by atoms with Crippen molar-refractivity contribution in [2.45, 2.75) is 31.8 Å². The SMILES string of the molecule is Nc1nc(N2CCC(N(CCc3ccc(Cl)cc3)Cc3ccncc3Cl)CC2)n[nH]1.